The van der Waals surface area contributed by atoms with Crippen molar-refractivity contribution in [1.29, 1.82) is 0 Å². The molecule has 0 aromatic heterocycles. The molecule has 1 aromatic rings. The van der Waals surface area contributed by atoms with Crippen molar-refractivity contribution in [1.82, 2.24) is 0 Å². The summed E-state index contributed by atoms with van der Waals surface area (Å²) in [6, 6.07) is 7.51. The van der Waals surface area contributed by atoms with Crippen molar-refractivity contribution in [2.24, 2.45) is 11.7 Å². The Morgan fingerprint density at radius 3 is 3.00 bits per heavy atom. The number of carboxylic acid groups (broad SMARTS) is 1. The molecule has 2 rings (SSSR count). The number of carboxylic acids is 1. The molecule has 1 saturated heterocycles. The number of nitrogens with zero attached hydrogens (tertiary/aromatic N) is 1. The summed E-state index contributed by atoms with van der Waals surface area (Å²) >= 11 is 0. The van der Waals surface area contributed by atoms with Crippen molar-refractivity contribution in [2.75, 3.05) is 18.0 Å². The van der Waals surface area contributed by atoms with Crippen LogP contribution in [0.4, 0.5) is 5.69 Å². The molecule has 0 spiro atoms. The fourth-order valence-corrected chi connectivity index (χ4v) is 2.34. The van der Waals surface area contributed by atoms with Gasteiger partial charge in [0.2, 0.25) is 0 Å². The Kier molecular flexibility index (Phi) is 3.33. The van der Waals surface area contributed by atoms with Crippen LogP contribution in [0.3, 0.4) is 0 Å². The number of rotatable bonds is 3. The predicted octanol–water partition coefficient (Wildman–Crippen LogP) is 1.23. The lowest BCUT2D eigenvalue weighted by Crippen LogP contribution is -2.39. The molecule has 4 heteroatoms. The monoisotopic (exact) mass is 234 g/mol. The molecular formula is C13H18N2O2. The van der Waals surface area contributed by atoms with E-state index in [0.717, 1.165) is 25.2 Å². The van der Waals surface area contributed by atoms with Crippen LogP contribution >= 0.6 is 0 Å². The first-order valence-electron chi connectivity index (χ1n) is 5.88. The number of benzene rings is 1. The maximum Gasteiger partial charge on any atom is 0.320 e. The molecule has 0 saturated carbocycles. The van der Waals surface area contributed by atoms with Gasteiger partial charge in [0.05, 0.1) is 0 Å². The molecule has 0 amide bonds. The zero-order valence-corrected chi connectivity index (χ0v) is 9.97. The first kappa shape index (κ1) is 11.9. The maximum absolute atomic E-state index is 10.8. The summed E-state index contributed by atoms with van der Waals surface area (Å²) in [6.07, 6.45) is 0.849. The number of hydrogen-bond donors (Lipinski definition) is 2. The molecule has 0 radical (unpaired) electrons. The number of anilines is 1. The minimum absolute atomic E-state index is 0.0491. The van der Waals surface area contributed by atoms with Crippen LogP contribution in [0.5, 0.6) is 0 Å². The molecule has 2 atom stereocenters. The third kappa shape index (κ3) is 2.58. The summed E-state index contributed by atoms with van der Waals surface area (Å²) in [4.78, 5) is 13.0. The van der Waals surface area contributed by atoms with Gasteiger partial charge in [-0.3, -0.25) is 4.79 Å². The zero-order chi connectivity index (χ0) is 12.4. The quantitative estimate of drug-likeness (QED) is 0.825. The van der Waals surface area contributed by atoms with Crippen molar-refractivity contribution in [3.05, 3.63) is 29.8 Å². The lowest BCUT2D eigenvalue weighted by molar-refractivity contribution is -0.139. The molecule has 1 heterocycles. The van der Waals surface area contributed by atoms with E-state index in [4.69, 9.17) is 10.8 Å². The van der Waals surface area contributed by atoms with E-state index in [9.17, 15) is 4.79 Å². The van der Waals surface area contributed by atoms with Crippen molar-refractivity contribution < 1.29 is 9.90 Å². The molecule has 92 valence electrons. The molecule has 1 aliphatic heterocycles. The van der Waals surface area contributed by atoms with Crippen LogP contribution in [-0.4, -0.2) is 30.2 Å². The average molecular weight is 234 g/mol. The van der Waals surface area contributed by atoms with Gasteiger partial charge in [-0.15, -0.1) is 0 Å². The van der Waals surface area contributed by atoms with E-state index in [2.05, 4.69) is 30.0 Å². The number of nitrogens with two attached hydrogens (primary N) is 1. The molecule has 17 heavy (non-hydrogen) atoms. The second kappa shape index (κ2) is 4.75. The van der Waals surface area contributed by atoms with Crippen LogP contribution in [-0.2, 0) is 4.79 Å². The van der Waals surface area contributed by atoms with Crippen molar-refractivity contribution in [2.45, 2.75) is 19.4 Å². The van der Waals surface area contributed by atoms with Crippen LogP contribution in [0, 0.1) is 12.8 Å². The SMILES string of the molecule is Cc1cccc(N2CCC(C(N)C(=O)O)C2)c1. The van der Waals surface area contributed by atoms with Gasteiger partial charge in [0.1, 0.15) is 6.04 Å². The van der Waals surface area contributed by atoms with Crippen LogP contribution in [0.1, 0.15) is 12.0 Å². The number of aliphatic carboxylic acids is 1. The Hall–Kier alpha value is -1.55. The average Bonchev–Trinajstić information content (AvgIpc) is 2.77. The summed E-state index contributed by atoms with van der Waals surface area (Å²) in [5.74, 6) is -0.853. The molecule has 0 aliphatic carbocycles. The second-order valence-corrected chi connectivity index (χ2v) is 4.70. The zero-order valence-electron chi connectivity index (χ0n) is 9.97. The highest BCUT2D eigenvalue weighted by Gasteiger charge is 2.31. The van der Waals surface area contributed by atoms with E-state index in [1.165, 1.54) is 5.56 Å². The highest BCUT2D eigenvalue weighted by atomic mass is 16.4. The lowest BCUT2D eigenvalue weighted by atomic mass is 10.0. The third-order valence-corrected chi connectivity index (χ3v) is 3.38. The van der Waals surface area contributed by atoms with E-state index in [-0.39, 0.29) is 5.92 Å². The van der Waals surface area contributed by atoms with E-state index >= 15 is 0 Å². The highest BCUT2D eigenvalue weighted by Crippen LogP contribution is 2.25. The van der Waals surface area contributed by atoms with Gasteiger partial charge in [-0.05, 0) is 31.0 Å². The molecule has 1 aromatic carbocycles. The van der Waals surface area contributed by atoms with Gasteiger partial charge in [0.25, 0.3) is 0 Å². The molecule has 4 nitrogen and oxygen atoms in total. The molecule has 1 aliphatic rings. The smallest absolute Gasteiger partial charge is 0.320 e. The largest absolute Gasteiger partial charge is 0.480 e. The van der Waals surface area contributed by atoms with Gasteiger partial charge >= 0.3 is 5.97 Å². The molecular weight excluding hydrogens is 216 g/mol. The Morgan fingerprint density at radius 1 is 1.59 bits per heavy atom. The predicted molar refractivity (Wildman–Crippen MR) is 67.1 cm³/mol. The number of hydrogen-bond acceptors (Lipinski definition) is 3. The molecule has 2 unspecified atom stereocenters. The summed E-state index contributed by atoms with van der Waals surface area (Å²) in [5, 5.41) is 8.90. The summed E-state index contributed by atoms with van der Waals surface area (Å²) in [5.41, 5.74) is 8.04. The van der Waals surface area contributed by atoms with Crippen molar-refractivity contribution in [3.8, 4) is 0 Å². The molecule has 0 bridgehead atoms. The van der Waals surface area contributed by atoms with Crippen LogP contribution < -0.4 is 10.6 Å². The van der Waals surface area contributed by atoms with Crippen molar-refractivity contribution in [3.63, 3.8) is 0 Å². The van der Waals surface area contributed by atoms with Gasteiger partial charge in [-0.25, -0.2) is 0 Å². The van der Waals surface area contributed by atoms with E-state index in [0.29, 0.717) is 0 Å². The third-order valence-electron chi connectivity index (χ3n) is 3.38. The minimum atomic E-state index is -0.902. The standard InChI is InChI=1S/C13H18N2O2/c1-9-3-2-4-11(7-9)15-6-5-10(8-15)12(14)13(16)17/h2-4,7,10,12H,5-6,8,14H2,1H3,(H,16,17). The molecule has 1 fully saturated rings. The summed E-state index contributed by atoms with van der Waals surface area (Å²) in [7, 11) is 0. The second-order valence-electron chi connectivity index (χ2n) is 4.70. The fourth-order valence-electron chi connectivity index (χ4n) is 2.34. The van der Waals surface area contributed by atoms with Gasteiger partial charge < -0.3 is 15.7 Å². The van der Waals surface area contributed by atoms with Crippen LogP contribution in [0.25, 0.3) is 0 Å². The Balaban J connectivity index is 2.05. The van der Waals surface area contributed by atoms with Crippen molar-refractivity contribution >= 4 is 11.7 Å². The van der Waals surface area contributed by atoms with Gasteiger partial charge in [-0.2, -0.15) is 0 Å². The summed E-state index contributed by atoms with van der Waals surface area (Å²) < 4.78 is 0. The first-order valence-corrected chi connectivity index (χ1v) is 5.88. The first-order chi connectivity index (χ1) is 8.08. The summed E-state index contributed by atoms with van der Waals surface area (Å²) in [6.45, 7) is 3.67. The van der Waals surface area contributed by atoms with Gasteiger partial charge in [0.15, 0.2) is 0 Å². The fraction of sp³-hybridized carbons (Fsp3) is 0.462. The van der Waals surface area contributed by atoms with E-state index < -0.39 is 12.0 Å². The van der Waals surface area contributed by atoms with Crippen LogP contribution in [0.15, 0.2) is 24.3 Å². The normalized spacial score (nSPS) is 21.5. The Bertz CT molecular complexity index is 420. The van der Waals surface area contributed by atoms with E-state index in [1.54, 1.807) is 0 Å². The minimum Gasteiger partial charge on any atom is -0.480 e. The Morgan fingerprint density at radius 2 is 2.35 bits per heavy atom. The van der Waals surface area contributed by atoms with Gasteiger partial charge in [0, 0.05) is 24.7 Å². The van der Waals surface area contributed by atoms with E-state index in [1.807, 2.05) is 6.07 Å². The van der Waals surface area contributed by atoms with Crippen LogP contribution in [0.2, 0.25) is 0 Å². The highest BCUT2D eigenvalue weighted by molar-refractivity contribution is 5.73. The molecule has 3 N–H and O–H groups in total. The number of carbonyl (C=O) groups is 1. The Labute approximate surface area is 101 Å². The van der Waals surface area contributed by atoms with Gasteiger partial charge in [-0.1, -0.05) is 12.1 Å². The maximum atomic E-state index is 10.8. The number of aryl methyl sites for hydroxylation is 1. The lowest BCUT2D eigenvalue weighted by Gasteiger charge is -2.20. The topological polar surface area (TPSA) is 66.6 Å².